The van der Waals surface area contributed by atoms with E-state index in [0.29, 0.717) is 12.2 Å². The molecule has 1 aromatic heterocycles. The van der Waals surface area contributed by atoms with Gasteiger partial charge in [-0.1, -0.05) is 23.1 Å². The number of benzene rings is 1. The molecule has 18 heavy (non-hydrogen) atoms. The van der Waals surface area contributed by atoms with Crippen LogP contribution in [0.3, 0.4) is 0 Å². The third kappa shape index (κ3) is 3.71. The molecule has 0 atom stereocenters. The number of nitrogen functional groups attached to an aromatic ring is 1. The minimum absolute atomic E-state index is 0.0633. The largest absolute Gasteiger partial charge is 0.493 e. The number of hydrogen-bond acceptors (Lipinski definition) is 6. The number of nitrogens with one attached hydrogen (secondary N) is 1. The summed E-state index contributed by atoms with van der Waals surface area (Å²) in [5, 5.41) is 15.0. The van der Waals surface area contributed by atoms with Gasteiger partial charge >= 0.3 is 0 Å². The van der Waals surface area contributed by atoms with Gasteiger partial charge in [-0.05, 0) is 24.3 Å². The number of nitrogens with zero attached hydrogens (tertiary/aromatic N) is 2. The van der Waals surface area contributed by atoms with Crippen LogP contribution in [0.1, 0.15) is 5.56 Å². The quantitative estimate of drug-likeness (QED) is 0.366. The van der Waals surface area contributed by atoms with E-state index in [0.717, 1.165) is 15.8 Å². The van der Waals surface area contributed by atoms with Crippen LogP contribution in [0, 0.1) is 5.41 Å². The molecule has 1 heterocycles. The van der Waals surface area contributed by atoms with Crippen LogP contribution >= 0.6 is 23.1 Å². The van der Waals surface area contributed by atoms with Crippen LogP contribution in [0.2, 0.25) is 0 Å². The van der Waals surface area contributed by atoms with Gasteiger partial charge in [0, 0.05) is 11.3 Å². The Labute approximate surface area is 113 Å². The second-order valence-corrected chi connectivity index (χ2v) is 5.51. The summed E-state index contributed by atoms with van der Waals surface area (Å²) >= 11 is 3.14. The van der Waals surface area contributed by atoms with Crippen LogP contribution in [0.15, 0.2) is 34.1 Å². The maximum atomic E-state index is 7.28. The first-order valence-corrected chi connectivity index (χ1v) is 7.08. The molecule has 1 aromatic carbocycles. The number of aromatic nitrogens is 2. The van der Waals surface area contributed by atoms with Crippen molar-refractivity contribution in [3.63, 3.8) is 0 Å². The van der Waals surface area contributed by atoms with E-state index in [9.17, 15) is 0 Å². The number of ether oxygens (including phenoxy) is 1. The molecule has 0 saturated heterocycles. The van der Waals surface area contributed by atoms with Crippen molar-refractivity contribution in [2.24, 2.45) is 5.73 Å². The molecule has 0 aliphatic heterocycles. The van der Waals surface area contributed by atoms with E-state index in [2.05, 4.69) is 10.2 Å². The maximum Gasteiger partial charge on any atom is 0.174 e. The standard InChI is InChI=1S/C11H12N4OS2/c12-10(13)8-1-3-9(4-2-8)16-5-6-17-11-15-14-7-18-11/h1-4,7H,5-6H2,(H3,12,13). The summed E-state index contributed by atoms with van der Waals surface area (Å²) in [4.78, 5) is 0. The second kappa shape index (κ2) is 6.36. The van der Waals surface area contributed by atoms with Gasteiger partial charge in [0.05, 0.1) is 6.61 Å². The molecule has 0 amide bonds. The lowest BCUT2D eigenvalue weighted by molar-refractivity contribution is 0.344. The highest BCUT2D eigenvalue weighted by Crippen LogP contribution is 2.19. The number of thioether (sulfide) groups is 1. The maximum absolute atomic E-state index is 7.28. The van der Waals surface area contributed by atoms with Gasteiger partial charge in [-0.25, -0.2) is 0 Å². The highest BCUT2D eigenvalue weighted by molar-refractivity contribution is 8.01. The van der Waals surface area contributed by atoms with Crippen molar-refractivity contribution in [3.05, 3.63) is 35.3 Å². The van der Waals surface area contributed by atoms with Gasteiger partial charge in [-0.15, -0.1) is 10.2 Å². The third-order valence-corrected chi connectivity index (χ3v) is 3.91. The van der Waals surface area contributed by atoms with Crippen molar-refractivity contribution in [2.45, 2.75) is 4.34 Å². The lowest BCUT2D eigenvalue weighted by Gasteiger charge is -2.05. The Kier molecular flexibility index (Phi) is 4.54. The zero-order valence-corrected chi connectivity index (χ0v) is 11.1. The minimum Gasteiger partial charge on any atom is -0.493 e. The van der Waals surface area contributed by atoms with Gasteiger partial charge in [0.1, 0.15) is 17.1 Å². The van der Waals surface area contributed by atoms with E-state index >= 15 is 0 Å². The van der Waals surface area contributed by atoms with Crippen LogP contribution in [0.25, 0.3) is 0 Å². The van der Waals surface area contributed by atoms with Gasteiger partial charge in [0.15, 0.2) is 4.34 Å². The molecule has 0 bridgehead atoms. The molecule has 0 aliphatic rings. The number of amidine groups is 1. The van der Waals surface area contributed by atoms with Crippen LogP contribution < -0.4 is 10.5 Å². The Morgan fingerprint density at radius 3 is 2.78 bits per heavy atom. The summed E-state index contributed by atoms with van der Waals surface area (Å²) in [6.07, 6.45) is 0. The predicted molar refractivity (Wildman–Crippen MR) is 73.6 cm³/mol. The van der Waals surface area contributed by atoms with Crippen LogP contribution in [0.4, 0.5) is 0 Å². The Bertz CT molecular complexity index is 498. The molecule has 0 saturated carbocycles. The summed E-state index contributed by atoms with van der Waals surface area (Å²) < 4.78 is 6.51. The fourth-order valence-corrected chi connectivity index (χ4v) is 2.62. The zero-order chi connectivity index (χ0) is 12.8. The topological polar surface area (TPSA) is 84.9 Å². The van der Waals surface area contributed by atoms with Gasteiger partial charge < -0.3 is 10.5 Å². The monoisotopic (exact) mass is 280 g/mol. The molecular weight excluding hydrogens is 268 g/mol. The van der Waals surface area contributed by atoms with Crippen molar-refractivity contribution in [1.82, 2.24) is 10.2 Å². The van der Waals surface area contributed by atoms with Crippen molar-refractivity contribution in [1.29, 1.82) is 5.41 Å². The molecule has 5 nitrogen and oxygen atoms in total. The Hall–Kier alpha value is -1.60. The van der Waals surface area contributed by atoms with Crippen LogP contribution in [-0.4, -0.2) is 28.4 Å². The Balaban J connectivity index is 1.75. The smallest absolute Gasteiger partial charge is 0.174 e. The van der Waals surface area contributed by atoms with Gasteiger partial charge in [0.25, 0.3) is 0 Å². The zero-order valence-electron chi connectivity index (χ0n) is 9.50. The lowest BCUT2D eigenvalue weighted by atomic mass is 10.2. The summed E-state index contributed by atoms with van der Waals surface area (Å²) in [7, 11) is 0. The molecule has 3 N–H and O–H groups in total. The van der Waals surface area contributed by atoms with E-state index in [1.165, 1.54) is 11.3 Å². The highest BCUT2D eigenvalue weighted by Gasteiger charge is 2.00. The number of rotatable bonds is 6. The van der Waals surface area contributed by atoms with Gasteiger partial charge in [-0.3, -0.25) is 5.41 Å². The van der Waals surface area contributed by atoms with Crippen molar-refractivity contribution >= 4 is 28.9 Å². The predicted octanol–water partition coefficient (Wildman–Crippen LogP) is 1.99. The first-order chi connectivity index (χ1) is 8.75. The summed E-state index contributed by atoms with van der Waals surface area (Å²) in [6.45, 7) is 0.601. The molecular formula is C11H12N4OS2. The van der Waals surface area contributed by atoms with E-state index in [-0.39, 0.29) is 5.84 Å². The second-order valence-electron chi connectivity index (χ2n) is 3.34. The first kappa shape index (κ1) is 12.8. The lowest BCUT2D eigenvalue weighted by Crippen LogP contribution is -2.10. The summed E-state index contributed by atoms with van der Waals surface area (Å²) in [6, 6.07) is 7.17. The normalized spacial score (nSPS) is 10.2. The highest BCUT2D eigenvalue weighted by atomic mass is 32.2. The molecule has 2 rings (SSSR count). The van der Waals surface area contributed by atoms with E-state index in [1.54, 1.807) is 29.4 Å². The Morgan fingerprint density at radius 2 is 2.17 bits per heavy atom. The van der Waals surface area contributed by atoms with E-state index in [1.807, 2.05) is 12.1 Å². The Morgan fingerprint density at radius 1 is 1.39 bits per heavy atom. The van der Waals surface area contributed by atoms with Crippen molar-refractivity contribution in [3.8, 4) is 5.75 Å². The van der Waals surface area contributed by atoms with Crippen molar-refractivity contribution in [2.75, 3.05) is 12.4 Å². The molecule has 0 radical (unpaired) electrons. The fourth-order valence-electron chi connectivity index (χ4n) is 1.25. The first-order valence-electron chi connectivity index (χ1n) is 5.22. The number of hydrogen-bond donors (Lipinski definition) is 2. The number of nitrogens with two attached hydrogens (primary N) is 1. The summed E-state index contributed by atoms with van der Waals surface area (Å²) in [5.41, 5.74) is 7.78. The molecule has 2 aromatic rings. The molecule has 0 fully saturated rings. The van der Waals surface area contributed by atoms with E-state index in [4.69, 9.17) is 15.9 Å². The molecule has 0 unspecified atom stereocenters. The minimum atomic E-state index is 0.0633. The van der Waals surface area contributed by atoms with Crippen molar-refractivity contribution < 1.29 is 4.74 Å². The van der Waals surface area contributed by atoms with Gasteiger partial charge in [0.2, 0.25) is 0 Å². The fraction of sp³-hybridized carbons (Fsp3) is 0.182. The molecule has 94 valence electrons. The third-order valence-electron chi connectivity index (χ3n) is 2.08. The average Bonchev–Trinajstić information content (AvgIpc) is 2.88. The van der Waals surface area contributed by atoms with Crippen LogP contribution in [0.5, 0.6) is 5.75 Å². The molecule has 7 heteroatoms. The molecule has 0 spiro atoms. The summed E-state index contributed by atoms with van der Waals surface area (Å²) in [5.74, 6) is 1.66. The van der Waals surface area contributed by atoms with Crippen LogP contribution in [-0.2, 0) is 0 Å². The van der Waals surface area contributed by atoms with E-state index < -0.39 is 0 Å². The average molecular weight is 280 g/mol. The molecule has 0 aliphatic carbocycles. The SMILES string of the molecule is N=C(N)c1ccc(OCCSc2nncs2)cc1. The van der Waals surface area contributed by atoms with Gasteiger partial charge in [-0.2, -0.15) is 0 Å².